The first-order valence-electron chi connectivity index (χ1n) is 9.57. The van der Waals surface area contributed by atoms with Crippen molar-refractivity contribution in [2.75, 3.05) is 0 Å². The van der Waals surface area contributed by atoms with Crippen LogP contribution in [0.2, 0.25) is 0 Å². The van der Waals surface area contributed by atoms with E-state index in [4.69, 9.17) is 0 Å². The van der Waals surface area contributed by atoms with Gasteiger partial charge in [0.25, 0.3) is 0 Å². The van der Waals surface area contributed by atoms with E-state index in [1.807, 2.05) is 60.7 Å². The van der Waals surface area contributed by atoms with Gasteiger partial charge in [-0.1, -0.05) is 60.7 Å². The first-order valence-corrected chi connectivity index (χ1v) is 9.57. The van der Waals surface area contributed by atoms with Crippen LogP contribution >= 0.6 is 0 Å². The van der Waals surface area contributed by atoms with Gasteiger partial charge in [-0.2, -0.15) is 0 Å². The monoisotopic (exact) mass is 382 g/mol. The molecule has 4 N–H and O–H groups in total. The average molecular weight is 382 g/mol. The zero-order valence-electron chi connectivity index (χ0n) is 15.7. The van der Waals surface area contributed by atoms with E-state index in [0.29, 0.717) is 25.7 Å². The molecular weight excluding hydrogens is 356 g/mol. The van der Waals surface area contributed by atoms with Gasteiger partial charge < -0.3 is 20.8 Å². The minimum Gasteiger partial charge on any atom is -0.465 e. The summed E-state index contributed by atoms with van der Waals surface area (Å²) in [5.41, 5.74) is 1.36. The normalized spacial score (nSPS) is 24.3. The summed E-state index contributed by atoms with van der Waals surface area (Å²) in [6.07, 6.45) is 1.09. The Morgan fingerprint density at radius 3 is 2.11 bits per heavy atom. The van der Waals surface area contributed by atoms with Crippen LogP contribution in [0.1, 0.15) is 30.4 Å². The number of benzene rings is 2. The Labute approximate surface area is 164 Å². The van der Waals surface area contributed by atoms with Gasteiger partial charge in [-0.15, -0.1) is 0 Å². The maximum Gasteiger partial charge on any atom is 0.405 e. The zero-order chi connectivity index (χ0) is 20.0. The second-order valence-corrected chi connectivity index (χ2v) is 7.49. The van der Waals surface area contributed by atoms with Crippen LogP contribution in [0.15, 0.2) is 60.7 Å². The molecule has 0 aromatic heterocycles. The van der Waals surface area contributed by atoms with Crippen molar-refractivity contribution >= 4 is 12.2 Å². The van der Waals surface area contributed by atoms with E-state index in [-0.39, 0.29) is 12.0 Å². The molecule has 3 atom stereocenters. The van der Waals surface area contributed by atoms with Crippen molar-refractivity contribution < 1.29 is 19.8 Å². The first-order chi connectivity index (χ1) is 13.5. The number of carbonyl (C=O) groups is 2. The van der Waals surface area contributed by atoms with Crippen molar-refractivity contribution in [3.8, 4) is 0 Å². The molecule has 0 bridgehead atoms. The molecule has 1 fully saturated rings. The molecule has 1 saturated carbocycles. The van der Waals surface area contributed by atoms with Gasteiger partial charge in [0, 0.05) is 12.0 Å². The molecule has 6 nitrogen and oxygen atoms in total. The summed E-state index contributed by atoms with van der Waals surface area (Å²) in [5, 5.41) is 24.4. The Morgan fingerprint density at radius 2 is 1.54 bits per heavy atom. The van der Waals surface area contributed by atoms with Crippen molar-refractivity contribution in [1.29, 1.82) is 0 Å². The Balaban J connectivity index is 2.00. The third kappa shape index (κ3) is 4.82. The molecule has 1 unspecified atom stereocenters. The molecule has 1 aliphatic carbocycles. The smallest absolute Gasteiger partial charge is 0.405 e. The lowest BCUT2D eigenvalue weighted by molar-refractivity contribution is 0.0929. The van der Waals surface area contributed by atoms with Gasteiger partial charge in [0.15, 0.2) is 0 Å². The molecule has 6 heteroatoms. The molecule has 28 heavy (non-hydrogen) atoms. The number of carboxylic acid groups (broad SMARTS) is 2. The molecule has 2 aromatic rings. The molecule has 2 amide bonds. The van der Waals surface area contributed by atoms with Crippen LogP contribution in [-0.2, 0) is 12.8 Å². The molecule has 2 aromatic carbocycles. The number of nitrogens with one attached hydrogen (secondary N) is 2. The highest BCUT2D eigenvalue weighted by molar-refractivity contribution is 5.67. The Morgan fingerprint density at radius 1 is 0.929 bits per heavy atom. The Kier molecular flexibility index (Phi) is 6.19. The summed E-state index contributed by atoms with van der Waals surface area (Å²) in [6, 6.07) is 19.3. The highest BCUT2D eigenvalue weighted by atomic mass is 16.4. The lowest BCUT2D eigenvalue weighted by Gasteiger charge is -2.48. The fourth-order valence-corrected chi connectivity index (χ4v) is 4.54. The van der Waals surface area contributed by atoms with Crippen LogP contribution in [-0.4, -0.2) is 34.0 Å². The van der Waals surface area contributed by atoms with Crippen LogP contribution in [0.3, 0.4) is 0 Å². The van der Waals surface area contributed by atoms with Gasteiger partial charge in [0.2, 0.25) is 0 Å². The highest BCUT2D eigenvalue weighted by Gasteiger charge is 2.47. The van der Waals surface area contributed by atoms with E-state index in [1.165, 1.54) is 0 Å². The minimum atomic E-state index is -1.08. The molecule has 0 heterocycles. The number of rotatable bonds is 6. The van der Waals surface area contributed by atoms with E-state index < -0.39 is 17.7 Å². The molecular formula is C22H26N2O4. The van der Waals surface area contributed by atoms with Crippen LogP contribution in [0.5, 0.6) is 0 Å². The Bertz CT molecular complexity index is 797. The summed E-state index contributed by atoms with van der Waals surface area (Å²) in [5.74, 6) is -0.198. The second kappa shape index (κ2) is 8.78. The van der Waals surface area contributed by atoms with Gasteiger partial charge >= 0.3 is 12.2 Å². The molecule has 0 radical (unpaired) electrons. The maximum absolute atomic E-state index is 11.7. The zero-order valence-corrected chi connectivity index (χ0v) is 15.7. The van der Waals surface area contributed by atoms with Crippen molar-refractivity contribution in [2.24, 2.45) is 5.92 Å². The summed E-state index contributed by atoms with van der Waals surface area (Å²) < 4.78 is 0. The second-order valence-electron chi connectivity index (χ2n) is 7.49. The molecule has 3 rings (SSSR count). The maximum atomic E-state index is 11.7. The minimum absolute atomic E-state index is 0.198. The quantitative estimate of drug-likeness (QED) is 0.609. The standard InChI is InChI=1S/C22H26N2O4/c25-20(26)23-19-12-7-13-22(24-21(27)28,15-17-10-5-2-6-11-17)18(19)14-16-8-3-1-4-9-16/h1-6,8-11,18-19,23-24H,7,12-15H2,(H,25,26)(H,27,28)/t18?,19-,22-/m0/s1. The SMILES string of the molecule is O=C(O)N[C@H]1CCC[C@@](Cc2ccccc2)(NC(=O)O)C1Cc1ccccc1. The average Bonchev–Trinajstić information content (AvgIpc) is 2.65. The van der Waals surface area contributed by atoms with Gasteiger partial charge in [0.1, 0.15) is 0 Å². The van der Waals surface area contributed by atoms with Crippen LogP contribution < -0.4 is 10.6 Å². The van der Waals surface area contributed by atoms with Crippen molar-refractivity contribution in [1.82, 2.24) is 10.6 Å². The molecule has 0 aliphatic heterocycles. The van der Waals surface area contributed by atoms with Gasteiger partial charge in [-0.3, -0.25) is 0 Å². The van der Waals surface area contributed by atoms with E-state index in [2.05, 4.69) is 10.6 Å². The summed E-state index contributed by atoms with van der Waals surface area (Å²) in [7, 11) is 0. The largest absolute Gasteiger partial charge is 0.465 e. The molecule has 0 saturated heterocycles. The van der Waals surface area contributed by atoms with E-state index in [0.717, 1.165) is 17.5 Å². The predicted octanol–water partition coefficient (Wildman–Crippen LogP) is 3.91. The summed E-state index contributed by atoms with van der Waals surface area (Å²) in [4.78, 5) is 23.2. The topological polar surface area (TPSA) is 98.7 Å². The number of hydrogen-bond acceptors (Lipinski definition) is 2. The van der Waals surface area contributed by atoms with E-state index >= 15 is 0 Å². The molecule has 148 valence electrons. The first kappa shape index (κ1) is 19.7. The van der Waals surface area contributed by atoms with E-state index in [9.17, 15) is 19.8 Å². The Hall–Kier alpha value is -3.02. The van der Waals surface area contributed by atoms with Crippen LogP contribution in [0, 0.1) is 5.92 Å². The lowest BCUT2D eigenvalue weighted by atomic mass is 9.65. The third-order valence-corrected chi connectivity index (χ3v) is 5.66. The van der Waals surface area contributed by atoms with Gasteiger partial charge in [0.05, 0.1) is 5.54 Å². The van der Waals surface area contributed by atoms with Crippen molar-refractivity contribution in [2.45, 2.75) is 43.7 Å². The molecule has 1 aliphatic rings. The summed E-state index contributed by atoms with van der Waals surface area (Å²) in [6.45, 7) is 0. The lowest BCUT2D eigenvalue weighted by Crippen LogP contribution is -2.63. The predicted molar refractivity (Wildman–Crippen MR) is 106 cm³/mol. The van der Waals surface area contributed by atoms with Gasteiger partial charge in [-0.25, -0.2) is 9.59 Å². The van der Waals surface area contributed by atoms with Gasteiger partial charge in [-0.05, 0) is 43.2 Å². The molecule has 0 spiro atoms. The fraction of sp³-hybridized carbons (Fsp3) is 0.364. The number of amides is 2. The van der Waals surface area contributed by atoms with Crippen LogP contribution in [0.25, 0.3) is 0 Å². The highest BCUT2D eigenvalue weighted by Crippen LogP contribution is 2.39. The fourth-order valence-electron chi connectivity index (χ4n) is 4.54. The van der Waals surface area contributed by atoms with Crippen molar-refractivity contribution in [3.63, 3.8) is 0 Å². The van der Waals surface area contributed by atoms with Crippen molar-refractivity contribution in [3.05, 3.63) is 71.8 Å². The summed E-state index contributed by atoms with van der Waals surface area (Å²) >= 11 is 0. The number of hydrogen-bond donors (Lipinski definition) is 4. The van der Waals surface area contributed by atoms with E-state index in [1.54, 1.807) is 0 Å². The van der Waals surface area contributed by atoms with Crippen LogP contribution in [0.4, 0.5) is 9.59 Å². The third-order valence-electron chi connectivity index (χ3n) is 5.66.